The fourth-order valence-corrected chi connectivity index (χ4v) is 6.23. The van der Waals surface area contributed by atoms with Crippen LogP contribution < -0.4 is 9.64 Å². The number of aromatic nitrogens is 1. The Labute approximate surface area is 198 Å². The number of carbonyl (C=O) groups is 1. The van der Waals surface area contributed by atoms with Crippen molar-refractivity contribution in [1.82, 2.24) is 14.2 Å². The van der Waals surface area contributed by atoms with Gasteiger partial charge in [-0.05, 0) is 43.4 Å². The number of fused-ring (bicyclic) bond motifs is 1. The van der Waals surface area contributed by atoms with Gasteiger partial charge in [-0.3, -0.25) is 0 Å². The highest BCUT2D eigenvalue weighted by molar-refractivity contribution is 7.89. The van der Waals surface area contributed by atoms with Crippen molar-refractivity contribution in [1.29, 1.82) is 0 Å². The number of hydrogen-bond donors (Lipinski definition) is 0. The van der Waals surface area contributed by atoms with E-state index in [1.54, 1.807) is 31.3 Å². The molecule has 1 aromatic heterocycles. The van der Waals surface area contributed by atoms with Crippen molar-refractivity contribution >= 4 is 42.7 Å². The summed E-state index contributed by atoms with van der Waals surface area (Å²) >= 11 is 1.59. The topological polar surface area (TPSA) is 83.0 Å². The van der Waals surface area contributed by atoms with E-state index in [0.717, 1.165) is 41.5 Å². The molecule has 0 amide bonds. The van der Waals surface area contributed by atoms with Crippen molar-refractivity contribution in [2.45, 2.75) is 18.7 Å². The SMILES string of the molecule is CCN(CC)S(=O)(=O)c1ccc(C(=O)Oc2ccc3nc(N4CCN(C)CC4)sc3c2)cc1. The lowest BCUT2D eigenvalue weighted by Gasteiger charge is -2.31. The van der Waals surface area contributed by atoms with E-state index in [1.165, 1.54) is 28.6 Å². The number of hydrogen-bond acceptors (Lipinski definition) is 8. The molecule has 0 bridgehead atoms. The number of carbonyl (C=O) groups excluding carboxylic acids is 1. The zero-order valence-electron chi connectivity index (χ0n) is 19.0. The minimum absolute atomic E-state index is 0.158. The Morgan fingerprint density at radius 3 is 2.36 bits per heavy atom. The molecule has 3 aromatic rings. The van der Waals surface area contributed by atoms with Gasteiger partial charge < -0.3 is 14.5 Å². The van der Waals surface area contributed by atoms with Gasteiger partial charge in [0.25, 0.3) is 0 Å². The second-order valence-electron chi connectivity index (χ2n) is 7.92. The van der Waals surface area contributed by atoms with Crippen molar-refractivity contribution < 1.29 is 17.9 Å². The van der Waals surface area contributed by atoms with Crippen LogP contribution in [-0.4, -0.2) is 74.9 Å². The zero-order valence-corrected chi connectivity index (χ0v) is 20.7. The molecular formula is C23H28N4O4S2. The standard InChI is InChI=1S/C23H28N4O4S2/c1-4-27(5-2)33(29,30)19-9-6-17(7-10-19)22(28)31-18-8-11-20-21(16-18)32-23(24-20)26-14-12-25(3)13-15-26/h6-11,16H,4-5,12-15H2,1-3H3. The number of anilines is 1. The van der Waals surface area contributed by atoms with E-state index in [4.69, 9.17) is 9.72 Å². The summed E-state index contributed by atoms with van der Waals surface area (Å²) in [6.45, 7) is 8.26. The third-order valence-electron chi connectivity index (χ3n) is 5.77. The van der Waals surface area contributed by atoms with E-state index < -0.39 is 16.0 Å². The Hall–Kier alpha value is -2.53. The van der Waals surface area contributed by atoms with E-state index in [0.29, 0.717) is 18.8 Å². The van der Waals surface area contributed by atoms with Gasteiger partial charge in [-0.1, -0.05) is 25.2 Å². The average Bonchev–Trinajstić information content (AvgIpc) is 3.23. The van der Waals surface area contributed by atoms with Crippen LogP contribution in [0.15, 0.2) is 47.4 Å². The lowest BCUT2D eigenvalue weighted by molar-refractivity contribution is 0.0735. The van der Waals surface area contributed by atoms with Crippen LogP contribution in [0.2, 0.25) is 0 Å². The molecule has 10 heteroatoms. The van der Waals surface area contributed by atoms with Crippen molar-refractivity contribution in [3.8, 4) is 5.75 Å². The molecule has 2 heterocycles. The molecule has 0 unspecified atom stereocenters. The third-order valence-corrected chi connectivity index (χ3v) is 8.91. The molecule has 0 spiro atoms. The first kappa shape index (κ1) is 23.6. The Kier molecular flexibility index (Phi) is 6.99. The summed E-state index contributed by atoms with van der Waals surface area (Å²) < 4.78 is 33.1. The molecule has 8 nitrogen and oxygen atoms in total. The summed E-state index contributed by atoms with van der Waals surface area (Å²) in [5.74, 6) is -0.106. The molecule has 2 aromatic carbocycles. The van der Waals surface area contributed by atoms with Gasteiger partial charge in [0.15, 0.2) is 5.13 Å². The first-order valence-electron chi connectivity index (χ1n) is 11.0. The Bertz CT molecular complexity index is 1230. The summed E-state index contributed by atoms with van der Waals surface area (Å²) in [6.07, 6.45) is 0. The number of thiazole rings is 1. The number of benzene rings is 2. The third kappa shape index (κ3) is 5.03. The summed E-state index contributed by atoms with van der Waals surface area (Å²) in [7, 11) is -1.45. The number of piperazine rings is 1. The lowest BCUT2D eigenvalue weighted by Crippen LogP contribution is -2.44. The number of esters is 1. The van der Waals surface area contributed by atoms with E-state index >= 15 is 0 Å². The quantitative estimate of drug-likeness (QED) is 0.373. The first-order valence-corrected chi connectivity index (χ1v) is 13.2. The Balaban J connectivity index is 1.47. The summed E-state index contributed by atoms with van der Waals surface area (Å²) in [4.78, 5) is 22.1. The molecule has 0 radical (unpaired) electrons. The minimum atomic E-state index is -3.57. The van der Waals surface area contributed by atoms with Gasteiger partial charge in [0.05, 0.1) is 20.7 Å². The maximum Gasteiger partial charge on any atom is 0.343 e. The van der Waals surface area contributed by atoms with Crippen molar-refractivity contribution in [2.24, 2.45) is 0 Å². The van der Waals surface area contributed by atoms with Crippen LogP contribution >= 0.6 is 11.3 Å². The van der Waals surface area contributed by atoms with Gasteiger partial charge in [0, 0.05) is 45.3 Å². The van der Waals surface area contributed by atoms with Crippen LogP contribution in [0.4, 0.5) is 5.13 Å². The van der Waals surface area contributed by atoms with Gasteiger partial charge in [0.1, 0.15) is 5.75 Å². The smallest absolute Gasteiger partial charge is 0.343 e. The van der Waals surface area contributed by atoms with Crippen LogP contribution in [0.3, 0.4) is 0 Å². The maximum absolute atomic E-state index is 12.6. The van der Waals surface area contributed by atoms with Crippen LogP contribution in [0.1, 0.15) is 24.2 Å². The van der Waals surface area contributed by atoms with Gasteiger partial charge in [-0.15, -0.1) is 0 Å². The molecule has 4 rings (SSSR count). The van der Waals surface area contributed by atoms with E-state index in [1.807, 2.05) is 12.1 Å². The molecule has 33 heavy (non-hydrogen) atoms. The Morgan fingerprint density at radius 1 is 1.06 bits per heavy atom. The number of likely N-dealkylation sites (N-methyl/N-ethyl adjacent to an activating group) is 1. The van der Waals surface area contributed by atoms with Crippen LogP contribution in [0.5, 0.6) is 5.75 Å². The minimum Gasteiger partial charge on any atom is -0.423 e. The van der Waals surface area contributed by atoms with Crippen molar-refractivity contribution in [3.05, 3.63) is 48.0 Å². The number of sulfonamides is 1. The second kappa shape index (κ2) is 9.76. The molecule has 1 saturated heterocycles. The van der Waals surface area contributed by atoms with Crippen LogP contribution in [0, 0.1) is 0 Å². The maximum atomic E-state index is 12.6. The highest BCUT2D eigenvalue weighted by atomic mass is 32.2. The van der Waals surface area contributed by atoms with E-state index in [-0.39, 0.29) is 10.5 Å². The van der Waals surface area contributed by atoms with Gasteiger partial charge in [-0.2, -0.15) is 4.31 Å². The molecular weight excluding hydrogens is 460 g/mol. The van der Waals surface area contributed by atoms with Gasteiger partial charge in [-0.25, -0.2) is 18.2 Å². The average molecular weight is 489 g/mol. The molecule has 0 atom stereocenters. The highest BCUT2D eigenvalue weighted by Gasteiger charge is 2.22. The van der Waals surface area contributed by atoms with E-state index in [2.05, 4.69) is 16.8 Å². The summed E-state index contributed by atoms with van der Waals surface area (Å²) in [5, 5.41) is 0.978. The van der Waals surface area contributed by atoms with E-state index in [9.17, 15) is 13.2 Å². The van der Waals surface area contributed by atoms with Crippen LogP contribution in [0.25, 0.3) is 10.2 Å². The predicted octanol–water partition coefficient (Wildman–Crippen LogP) is 3.30. The number of rotatable bonds is 7. The number of ether oxygens (including phenoxy) is 1. The predicted molar refractivity (Wildman–Crippen MR) is 131 cm³/mol. The summed E-state index contributed by atoms with van der Waals surface area (Å²) in [6, 6.07) is 11.3. The number of nitrogens with zero attached hydrogens (tertiary/aromatic N) is 4. The van der Waals surface area contributed by atoms with Crippen LogP contribution in [-0.2, 0) is 10.0 Å². The zero-order chi connectivity index (χ0) is 23.6. The molecule has 1 fully saturated rings. The Morgan fingerprint density at radius 2 is 1.73 bits per heavy atom. The van der Waals surface area contributed by atoms with Gasteiger partial charge in [0.2, 0.25) is 10.0 Å². The highest BCUT2D eigenvalue weighted by Crippen LogP contribution is 2.32. The van der Waals surface area contributed by atoms with Gasteiger partial charge >= 0.3 is 5.97 Å². The molecule has 0 aliphatic carbocycles. The molecule has 1 aliphatic heterocycles. The fraction of sp³-hybridized carbons (Fsp3) is 0.391. The molecule has 0 saturated carbocycles. The first-order chi connectivity index (χ1) is 15.8. The summed E-state index contributed by atoms with van der Waals surface area (Å²) in [5.41, 5.74) is 1.16. The fourth-order valence-electron chi connectivity index (χ4n) is 3.73. The van der Waals surface area contributed by atoms with Crippen molar-refractivity contribution in [2.75, 3.05) is 51.2 Å². The second-order valence-corrected chi connectivity index (χ2v) is 10.9. The molecule has 1 aliphatic rings. The molecule has 176 valence electrons. The normalized spacial score (nSPS) is 15.3. The largest absolute Gasteiger partial charge is 0.423 e. The van der Waals surface area contributed by atoms with Crippen molar-refractivity contribution in [3.63, 3.8) is 0 Å². The monoisotopic (exact) mass is 488 g/mol. The molecule has 0 N–H and O–H groups in total. The lowest BCUT2D eigenvalue weighted by atomic mass is 10.2.